The summed E-state index contributed by atoms with van der Waals surface area (Å²) in [6.07, 6.45) is 0.531. The van der Waals surface area contributed by atoms with Crippen molar-refractivity contribution in [3.8, 4) is 0 Å². The Kier molecular flexibility index (Phi) is 7.86. The first-order valence-corrected chi connectivity index (χ1v) is 8.48. The number of benzene rings is 1. The topological polar surface area (TPSA) is 50.4 Å². The summed E-state index contributed by atoms with van der Waals surface area (Å²) in [4.78, 5) is 11.9. The summed E-state index contributed by atoms with van der Waals surface area (Å²) in [7, 11) is 0. The van der Waals surface area contributed by atoms with E-state index in [1.807, 2.05) is 45.0 Å². The fraction of sp³-hybridized carbons (Fsp3) is 0.611. The molecule has 0 aromatic heterocycles. The molecule has 0 aliphatic carbocycles. The van der Waals surface area contributed by atoms with Gasteiger partial charge in [0.1, 0.15) is 5.60 Å². The van der Waals surface area contributed by atoms with Crippen molar-refractivity contribution in [3.05, 3.63) is 34.9 Å². The van der Waals surface area contributed by atoms with Gasteiger partial charge in [-0.3, -0.25) is 0 Å². The number of hydrogen-bond acceptors (Lipinski definition) is 3. The van der Waals surface area contributed by atoms with E-state index in [2.05, 4.69) is 24.5 Å². The average molecular weight is 341 g/mol. The molecule has 130 valence electrons. The van der Waals surface area contributed by atoms with E-state index >= 15 is 0 Å². The number of carbonyl (C=O) groups is 1. The lowest BCUT2D eigenvalue weighted by molar-refractivity contribution is 0.0498. The van der Waals surface area contributed by atoms with Crippen LogP contribution >= 0.6 is 11.6 Å². The van der Waals surface area contributed by atoms with Crippen molar-refractivity contribution in [2.75, 3.05) is 6.54 Å². The van der Waals surface area contributed by atoms with Gasteiger partial charge in [0.05, 0.1) is 0 Å². The SMILES string of the molecule is CC(C)C[C@@H](CNCc1ccc(Cl)cc1)NC(=O)OC(C)(C)C. The fourth-order valence-corrected chi connectivity index (χ4v) is 2.36. The average Bonchev–Trinajstić information content (AvgIpc) is 2.38. The second-order valence-corrected chi connectivity index (χ2v) is 7.67. The van der Waals surface area contributed by atoms with Gasteiger partial charge in [0.15, 0.2) is 0 Å². The molecule has 5 heteroatoms. The van der Waals surface area contributed by atoms with Gasteiger partial charge in [-0.1, -0.05) is 37.6 Å². The van der Waals surface area contributed by atoms with E-state index < -0.39 is 5.60 Å². The molecular weight excluding hydrogens is 312 g/mol. The fourth-order valence-electron chi connectivity index (χ4n) is 2.23. The van der Waals surface area contributed by atoms with Crippen molar-refractivity contribution in [2.45, 2.75) is 59.2 Å². The van der Waals surface area contributed by atoms with Crippen molar-refractivity contribution >= 4 is 17.7 Å². The summed E-state index contributed by atoms with van der Waals surface area (Å²) in [5.41, 5.74) is 0.679. The molecule has 2 N–H and O–H groups in total. The van der Waals surface area contributed by atoms with Crippen molar-refractivity contribution in [1.29, 1.82) is 0 Å². The first-order chi connectivity index (χ1) is 10.7. The first kappa shape index (κ1) is 19.8. The van der Waals surface area contributed by atoms with Crippen LogP contribution in [0, 0.1) is 5.92 Å². The standard InChI is InChI=1S/C18H29ClN2O2/c1-13(2)10-16(21-17(22)23-18(3,4)5)12-20-11-14-6-8-15(19)9-7-14/h6-9,13,16,20H,10-12H2,1-5H3,(H,21,22)/t16-/m0/s1. The van der Waals surface area contributed by atoms with Crippen LogP contribution in [0.25, 0.3) is 0 Å². The van der Waals surface area contributed by atoms with Crippen LogP contribution < -0.4 is 10.6 Å². The number of ether oxygens (including phenoxy) is 1. The Morgan fingerprint density at radius 1 is 1.22 bits per heavy atom. The monoisotopic (exact) mass is 340 g/mol. The lowest BCUT2D eigenvalue weighted by Gasteiger charge is -2.25. The summed E-state index contributed by atoms with van der Waals surface area (Å²) < 4.78 is 5.34. The summed E-state index contributed by atoms with van der Waals surface area (Å²) in [6.45, 7) is 11.3. The maximum atomic E-state index is 11.9. The molecule has 0 fully saturated rings. The number of amides is 1. The van der Waals surface area contributed by atoms with Crippen LogP contribution in [-0.4, -0.2) is 24.3 Å². The minimum absolute atomic E-state index is 0.0390. The third kappa shape index (κ3) is 9.47. The first-order valence-electron chi connectivity index (χ1n) is 8.10. The molecule has 1 aromatic carbocycles. The molecule has 0 spiro atoms. The van der Waals surface area contributed by atoms with Crippen molar-refractivity contribution in [3.63, 3.8) is 0 Å². The van der Waals surface area contributed by atoms with Crippen LogP contribution in [0.2, 0.25) is 5.02 Å². The van der Waals surface area contributed by atoms with E-state index in [9.17, 15) is 4.79 Å². The van der Waals surface area contributed by atoms with Gasteiger partial charge in [-0.05, 0) is 50.8 Å². The molecule has 1 amide bonds. The number of hydrogen-bond donors (Lipinski definition) is 2. The van der Waals surface area contributed by atoms with Gasteiger partial charge in [0, 0.05) is 24.2 Å². The van der Waals surface area contributed by atoms with Gasteiger partial charge in [-0.25, -0.2) is 4.79 Å². The third-order valence-electron chi connectivity index (χ3n) is 3.11. The van der Waals surface area contributed by atoms with Crippen molar-refractivity contribution in [1.82, 2.24) is 10.6 Å². The highest BCUT2D eigenvalue weighted by Crippen LogP contribution is 2.11. The summed E-state index contributed by atoms with van der Waals surface area (Å²) in [5.74, 6) is 0.493. The quantitative estimate of drug-likeness (QED) is 0.775. The Hall–Kier alpha value is -1.26. The molecule has 0 saturated heterocycles. The maximum absolute atomic E-state index is 11.9. The number of nitrogens with one attached hydrogen (secondary N) is 2. The molecule has 0 heterocycles. The molecule has 0 radical (unpaired) electrons. The van der Waals surface area contributed by atoms with Gasteiger partial charge in [0.25, 0.3) is 0 Å². The van der Waals surface area contributed by atoms with E-state index in [1.54, 1.807) is 0 Å². The number of carbonyl (C=O) groups excluding carboxylic acids is 1. The molecule has 1 atom stereocenters. The van der Waals surface area contributed by atoms with Gasteiger partial charge in [-0.2, -0.15) is 0 Å². The predicted molar refractivity (Wildman–Crippen MR) is 95.8 cm³/mol. The van der Waals surface area contributed by atoms with Crippen molar-refractivity contribution < 1.29 is 9.53 Å². The Balaban J connectivity index is 2.47. The molecule has 1 aromatic rings. The second-order valence-electron chi connectivity index (χ2n) is 7.23. The zero-order chi connectivity index (χ0) is 17.5. The van der Waals surface area contributed by atoms with Crippen LogP contribution in [-0.2, 0) is 11.3 Å². The minimum Gasteiger partial charge on any atom is -0.444 e. The van der Waals surface area contributed by atoms with E-state index in [-0.39, 0.29) is 12.1 Å². The van der Waals surface area contributed by atoms with Gasteiger partial charge >= 0.3 is 6.09 Å². The highest BCUT2D eigenvalue weighted by molar-refractivity contribution is 6.30. The molecule has 4 nitrogen and oxygen atoms in total. The Labute approximate surface area is 144 Å². The van der Waals surface area contributed by atoms with E-state index in [4.69, 9.17) is 16.3 Å². The second kappa shape index (κ2) is 9.14. The Morgan fingerprint density at radius 2 is 1.83 bits per heavy atom. The molecule has 0 aliphatic heterocycles. The molecule has 0 bridgehead atoms. The smallest absolute Gasteiger partial charge is 0.407 e. The van der Waals surface area contributed by atoms with Gasteiger partial charge in [-0.15, -0.1) is 0 Å². The van der Waals surface area contributed by atoms with E-state index in [0.29, 0.717) is 12.5 Å². The Bertz CT molecular complexity index is 481. The third-order valence-corrected chi connectivity index (χ3v) is 3.36. The van der Waals surface area contributed by atoms with Crippen LogP contribution in [0.1, 0.15) is 46.6 Å². The number of halogens is 1. The maximum Gasteiger partial charge on any atom is 0.407 e. The molecule has 1 rings (SSSR count). The van der Waals surface area contributed by atoms with E-state index in [1.165, 1.54) is 0 Å². The molecule has 0 saturated carbocycles. The van der Waals surface area contributed by atoms with Crippen LogP contribution in [0.15, 0.2) is 24.3 Å². The zero-order valence-electron chi connectivity index (χ0n) is 14.8. The number of alkyl carbamates (subject to hydrolysis) is 1. The summed E-state index contributed by atoms with van der Waals surface area (Å²) in [6, 6.07) is 7.78. The number of rotatable bonds is 7. The molecular formula is C18H29ClN2O2. The van der Waals surface area contributed by atoms with Gasteiger partial charge < -0.3 is 15.4 Å². The highest BCUT2D eigenvalue weighted by Gasteiger charge is 2.20. The lowest BCUT2D eigenvalue weighted by Crippen LogP contribution is -2.44. The summed E-state index contributed by atoms with van der Waals surface area (Å²) in [5, 5.41) is 7.07. The molecule has 0 aliphatic rings. The zero-order valence-corrected chi connectivity index (χ0v) is 15.5. The molecule has 23 heavy (non-hydrogen) atoms. The van der Waals surface area contributed by atoms with Crippen LogP contribution in [0.4, 0.5) is 4.79 Å². The molecule has 0 unspecified atom stereocenters. The highest BCUT2D eigenvalue weighted by atomic mass is 35.5. The van der Waals surface area contributed by atoms with Crippen LogP contribution in [0.3, 0.4) is 0 Å². The van der Waals surface area contributed by atoms with Gasteiger partial charge in [0.2, 0.25) is 0 Å². The normalized spacial score (nSPS) is 13.0. The minimum atomic E-state index is -0.483. The largest absolute Gasteiger partial charge is 0.444 e. The van der Waals surface area contributed by atoms with E-state index in [0.717, 1.165) is 23.6 Å². The van der Waals surface area contributed by atoms with Crippen molar-refractivity contribution in [2.24, 2.45) is 5.92 Å². The lowest BCUT2D eigenvalue weighted by atomic mass is 10.0. The Morgan fingerprint density at radius 3 is 2.35 bits per heavy atom. The summed E-state index contributed by atoms with van der Waals surface area (Å²) >= 11 is 5.88. The predicted octanol–water partition coefficient (Wildman–Crippen LogP) is 4.37. The van der Waals surface area contributed by atoms with Crippen LogP contribution in [0.5, 0.6) is 0 Å².